The molecular weight excluding hydrogens is 288 g/mol. The van der Waals surface area contributed by atoms with Crippen molar-refractivity contribution in [2.75, 3.05) is 27.3 Å². The van der Waals surface area contributed by atoms with Crippen LogP contribution in [0.2, 0.25) is 0 Å². The number of imidazole rings is 1. The first-order valence-electron chi connectivity index (χ1n) is 7.61. The first-order valence-corrected chi connectivity index (χ1v) is 7.61. The fourth-order valence-electron chi connectivity index (χ4n) is 3.04. The molecule has 2 heterocycles. The average Bonchev–Trinajstić information content (AvgIpc) is 2.99. The van der Waals surface area contributed by atoms with E-state index in [-0.39, 0.29) is 12.4 Å². The van der Waals surface area contributed by atoms with E-state index in [0.29, 0.717) is 12.5 Å². The summed E-state index contributed by atoms with van der Waals surface area (Å²) < 4.78 is 12.2. The van der Waals surface area contributed by atoms with Crippen molar-refractivity contribution in [2.45, 2.75) is 38.6 Å². The van der Waals surface area contributed by atoms with Crippen LogP contribution in [0.3, 0.4) is 0 Å². The summed E-state index contributed by atoms with van der Waals surface area (Å²) in [7, 11) is 3.30. The van der Waals surface area contributed by atoms with Crippen molar-refractivity contribution in [3.8, 4) is 0 Å². The molecule has 1 fully saturated rings. The molecule has 0 unspecified atom stereocenters. The third-order valence-corrected chi connectivity index (χ3v) is 4.22. The molecule has 2 rings (SSSR count). The molecule has 0 radical (unpaired) electrons. The van der Waals surface area contributed by atoms with Crippen LogP contribution >= 0.6 is 0 Å². The lowest BCUT2D eigenvalue weighted by Gasteiger charge is -2.35. The zero-order valence-corrected chi connectivity index (χ0v) is 13.2. The number of rotatable bonds is 8. The minimum absolute atomic E-state index is 0.0714. The average molecular weight is 312 g/mol. The predicted molar refractivity (Wildman–Crippen MR) is 80.2 cm³/mol. The van der Waals surface area contributed by atoms with Gasteiger partial charge in [0.2, 0.25) is 6.41 Å². The van der Waals surface area contributed by atoms with Gasteiger partial charge in [-0.2, -0.15) is 0 Å². The molecule has 124 valence electrons. The molecule has 0 atom stereocenters. The molecule has 1 saturated heterocycles. The van der Waals surface area contributed by atoms with Gasteiger partial charge in [0.25, 0.3) is 0 Å². The highest BCUT2D eigenvalue weighted by Crippen LogP contribution is 2.24. The number of nitrogens with zero attached hydrogens (tertiary/aromatic N) is 4. The Hall–Kier alpha value is -1.51. The minimum atomic E-state index is -0.436. The molecule has 0 aromatic carbocycles. The molecule has 22 heavy (non-hydrogen) atoms. The molecule has 0 spiro atoms. The first-order chi connectivity index (χ1) is 10.7. The Morgan fingerprint density at radius 3 is 2.68 bits per heavy atom. The quantitative estimate of drug-likeness (QED) is 0.414. The van der Waals surface area contributed by atoms with Crippen LogP contribution in [-0.2, 0) is 16.0 Å². The second-order valence-corrected chi connectivity index (χ2v) is 5.58. The van der Waals surface area contributed by atoms with E-state index in [1.165, 1.54) is 6.20 Å². The van der Waals surface area contributed by atoms with E-state index in [0.717, 1.165) is 38.8 Å². The summed E-state index contributed by atoms with van der Waals surface area (Å²) in [5.41, 5.74) is 0. The first kappa shape index (κ1) is 16.9. The fraction of sp³-hybridized carbons (Fsp3) is 0.786. The molecule has 0 saturated carbocycles. The van der Waals surface area contributed by atoms with Gasteiger partial charge in [-0.1, -0.05) is 4.98 Å². The van der Waals surface area contributed by atoms with E-state index in [1.807, 2.05) is 0 Å². The number of nitro groups is 1. The van der Waals surface area contributed by atoms with Crippen LogP contribution in [0.25, 0.3) is 0 Å². The van der Waals surface area contributed by atoms with Crippen molar-refractivity contribution in [1.29, 1.82) is 0 Å². The number of aromatic nitrogens is 2. The summed E-state index contributed by atoms with van der Waals surface area (Å²) in [6.45, 7) is 2.57. The van der Waals surface area contributed by atoms with Gasteiger partial charge in [0.1, 0.15) is 12.4 Å². The van der Waals surface area contributed by atoms with Crippen molar-refractivity contribution in [2.24, 2.45) is 5.92 Å². The van der Waals surface area contributed by atoms with E-state index in [1.54, 1.807) is 25.0 Å². The van der Waals surface area contributed by atoms with Crippen LogP contribution in [0.5, 0.6) is 0 Å². The maximum atomic E-state index is 10.8. The molecule has 0 aliphatic carbocycles. The molecule has 0 bridgehead atoms. The van der Waals surface area contributed by atoms with E-state index in [9.17, 15) is 10.1 Å². The molecule has 8 heteroatoms. The number of likely N-dealkylation sites (tertiary alicyclic amines) is 1. The highest BCUT2D eigenvalue weighted by molar-refractivity contribution is 5.06. The highest BCUT2D eigenvalue weighted by atomic mass is 16.7. The molecule has 1 aliphatic rings. The number of hydrogen-bond acceptors (Lipinski definition) is 6. The van der Waals surface area contributed by atoms with Gasteiger partial charge in [0.05, 0.1) is 6.54 Å². The van der Waals surface area contributed by atoms with Crippen molar-refractivity contribution < 1.29 is 14.4 Å². The Morgan fingerprint density at radius 1 is 1.41 bits per heavy atom. The Bertz CT molecular complexity index is 467. The van der Waals surface area contributed by atoms with E-state index in [4.69, 9.17) is 9.47 Å². The molecule has 1 aromatic heterocycles. The highest BCUT2D eigenvalue weighted by Gasteiger charge is 2.24. The van der Waals surface area contributed by atoms with Crippen LogP contribution in [0.1, 0.15) is 25.7 Å². The van der Waals surface area contributed by atoms with Gasteiger partial charge in [-0.25, -0.2) is 4.57 Å². The number of ether oxygens (including phenoxy) is 2. The second-order valence-electron chi connectivity index (χ2n) is 5.58. The van der Waals surface area contributed by atoms with Crippen LogP contribution < -0.4 is 0 Å². The largest absolute Gasteiger partial charge is 0.434 e. The standard InChI is InChI=1S/C14H24N4O4/c1-21-14(22-2)17-9-5-12(6-10-17)4-3-8-16-11-7-15-13(16)18(19)20/h7,11-12,14H,3-6,8-10H2,1-2H3. The maximum absolute atomic E-state index is 10.8. The number of piperidine rings is 1. The molecular formula is C14H24N4O4. The SMILES string of the molecule is COC(OC)N1CCC(CCCn2ccnc2[N+](=O)[O-])CC1. The fourth-order valence-corrected chi connectivity index (χ4v) is 3.04. The van der Waals surface area contributed by atoms with Gasteiger partial charge in [-0.3, -0.25) is 4.90 Å². The second kappa shape index (κ2) is 8.21. The Labute approximate surface area is 130 Å². The molecule has 0 amide bonds. The van der Waals surface area contributed by atoms with E-state index < -0.39 is 4.92 Å². The van der Waals surface area contributed by atoms with Crippen molar-refractivity contribution in [3.63, 3.8) is 0 Å². The Balaban J connectivity index is 1.71. The van der Waals surface area contributed by atoms with E-state index >= 15 is 0 Å². The summed E-state index contributed by atoms with van der Waals surface area (Å²) in [5, 5.41) is 10.8. The zero-order valence-electron chi connectivity index (χ0n) is 13.2. The lowest BCUT2D eigenvalue weighted by Crippen LogP contribution is -2.43. The predicted octanol–water partition coefficient (Wildman–Crippen LogP) is 1.86. The van der Waals surface area contributed by atoms with E-state index in [2.05, 4.69) is 9.88 Å². The Morgan fingerprint density at radius 2 is 2.09 bits per heavy atom. The van der Waals surface area contributed by atoms with Gasteiger partial charge in [0.15, 0.2) is 0 Å². The summed E-state index contributed by atoms with van der Waals surface area (Å²) >= 11 is 0. The normalized spacial score (nSPS) is 17.2. The third-order valence-electron chi connectivity index (χ3n) is 4.22. The summed E-state index contributed by atoms with van der Waals surface area (Å²) in [4.78, 5) is 16.3. The summed E-state index contributed by atoms with van der Waals surface area (Å²) in [6, 6.07) is 0. The summed E-state index contributed by atoms with van der Waals surface area (Å²) in [6.07, 6.45) is 7.11. The lowest BCUT2D eigenvalue weighted by molar-refractivity contribution is -0.396. The monoisotopic (exact) mass is 312 g/mol. The molecule has 0 N–H and O–H groups in total. The van der Waals surface area contributed by atoms with Gasteiger partial charge in [-0.05, 0) is 36.5 Å². The van der Waals surface area contributed by atoms with Crippen LogP contribution in [0.4, 0.5) is 5.95 Å². The van der Waals surface area contributed by atoms with Gasteiger partial charge in [0, 0.05) is 27.3 Å². The lowest BCUT2D eigenvalue weighted by atomic mass is 9.92. The van der Waals surface area contributed by atoms with Gasteiger partial charge >= 0.3 is 5.95 Å². The maximum Gasteiger partial charge on any atom is 0.434 e. The molecule has 1 aromatic rings. The van der Waals surface area contributed by atoms with Crippen LogP contribution in [-0.4, -0.2) is 53.1 Å². The van der Waals surface area contributed by atoms with Gasteiger partial charge in [-0.15, -0.1) is 0 Å². The van der Waals surface area contributed by atoms with Gasteiger partial charge < -0.3 is 19.6 Å². The molecule has 8 nitrogen and oxygen atoms in total. The van der Waals surface area contributed by atoms with Crippen molar-refractivity contribution >= 4 is 5.95 Å². The van der Waals surface area contributed by atoms with Crippen molar-refractivity contribution in [1.82, 2.24) is 14.5 Å². The van der Waals surface area contributed by atoms with Crippen LogP contribution in [0.15, 0.2) is 12.4 Å². The number of hydrogen-bond donors (Lipinski definition) is 0. The third kappa shape index (κ3) is 4.25. The number of aryl methyl sites for hydroxylation is 1. The molecule has 1 aliphatic heterocycles. The number of methoxy groups -OCH3 is 2. The van der Waals surface area contributed by atoms with Crippen LogP contribution in [0, 0.1) is 16.0 Å². The smallest absolute Gasteiger partial charge is 0.390 e. The Kier molecular flexibility index (Phi) is 6.29. The minimum Gasteiger partial charge on any atom is -0.390 e. The topological polar surface area (TPSA) is 82.7 Å². The zero-order chi connectivity index (χ0) is 15.9. The van der Waals surface area contributed by atoms with Crippen molar-refractivity contribution in [3.05, 3.63) is 22.5 Å². The summed E-state index contributed by atoms with van der Waals surface area (Å²) in [5.74, 6) is 0.589.